The first kappa shape index (κ1) is 18.3. The lowest BCUT2D eigenvalue weighted by Gasteiger charge is -2.12. The van der Waals surface area contributed by atoms with E-state index in [0.29, 0.717) is 45.2 Å². The summed E-state index contributed by atoms with van der Waals surface area (Å²) in [5.74, 6) is 0.495. The molecule has 0 heterocycles. The quantitative estimate of drug-likeness (QED) is 0.429. The Morgan fingerprint density at radius 2 is 2.00 bits per heavy atom. The lowest BCUT2D eigenvalue weighted by molar-refractivity contribution is -0.121. The number of methoxy groups -OCH3 is 1. The molecule has 0 saturated carbocycles. The highest BCUT2D eigenvalue weighted by Crippen LogP contribution is 1.88. The largest absolute Gasteiger partial charge is 0.389 e. The average molecular weight is 276 g/mol. The summed E-state index contributed by atoms with van der Waals surface area (Å²) in [5.41, 5.74) is 0. The predicted molar refractivity (Wildman–Crippen MR) is 74.0 cm³/mol. The molecule has 0 fully saturated rings. The molecule has 0 aliphatic rings. The number of aliphatic hydroxyl groups is 1. The van der Waals surface area contributed by atoms with Gasteiger partial charge < -0.3 is 25.2 Å². The Bertz CT molecular complexity index is 225. The molecule has 0 spiro atoms. The molecule has 0 saturated heterocycles. The molecule has 6 heteroatoms. The van der Waals surface area contributed by atoms with Gasteiger partial charge >= 0.3 is 0 Å². The second kappa shape index (κ2) is 12.3. The smallest absolute Gasteiger partial charge is 0.221 e. The number of carbonyl (C=O) groups is 1. The first-order valence-electron chi connectivity index (χ1n) is 6.78. The van der Waals surface area contributed by atoms with Gasteiger partial charge in [-0.25, -0.2) is 0 Å². The van der Waals surface area contributed by atoms with Crippen molar-refractivity contribution in [1.82, 2.24) is 10.6 Å². The van der Waals surface area contributed by atoms with Crippen LogP contribution in [0, 0.1) is 5.92 Å². The van der Waals surface area contributed by atoms with Gasteiger partial charge in [0.05, 0.1) is 25.9 Å². The molecule has 0 radical (unpaired) electrons. The molecule has 19 heavy (non-hydrogen) atoms. The van der Waals surface area contributed by atoms with E-state index in [0.717, 1.165) is 0 Å². The number of rotatable bonds is 12. The Hall–Kier alpha value is -0.690. The number of amides is 1. The van der Waals surface area contributed by atoms with Gasteiger partial charge in [-0.3, -0.25) is 4.79 Å². The van der Waals surface area contributed by atoms with Gasteiger partial charge in [0.2, 0.25) is 5.91 Å². The lowest BCUT2D eigenvalue weighted by atomic mass is 10.2. The summed E-state index contributed by atoms with van der Waals surface area (Å²) in [4.78, 5) is 11.4. The molecule has 6 nitrogen and oxygen atoms in total. The molecule has 0 aromatic rings. The zero-order valence-electron chi connectivity index (χ0n) is 12.3. The molecule has 1 amide bonds. The number of aliphatic hydroxyl groups excluding tert-OH is 1. The summed E-state index contributed by atoms with van der Waals surface area (Å²) in [6.45, 7) is 7.06. The van der Waals surface area contributed by atoms with Crippen molar-refractivity contribution in [3.05, 3.63) is 0 Å². The summed E-state index contributed by atoms with van der Waals surface area (Å²) in [7, 11) is 1.60. The molecule has 0 bridgehead atoms. The summed E-state index contributed by atoms with van der Waals surface area (Å²) in [6.07, 6.45) is -0.139. The molecular weight excluding hydrogens is 248 g/mol. The van der Waals surface area contributed by atoms with Crippen molar-refractivity contribution in [2.75, 3.05) is 46.6 Å². The van der Waals surface area contributed by atoms with Gasteiger partial charge in [0.15, 0.2) is 0 Å². The SMILES string of the molecule is COCCOCC(O)CNCCC(=O)NCC(C)C. The van der Waals surface area contributed by atoms with Crippen LogP contribution >= 0.6 is 0 Å². The van der Waals surface area contributed by atoms with Gasteiger partial charge in [-0.1, -0.05) is 13.8 Å². The topological polar surface area (TPSA) is 79.8 Å². The van der Waals surface area contributed by atoms with Crippen LogP contribution in [-0.4, -0.2) is 63.7 Å². The Morgan fingerprint density at radius 1 is 1.26 bits per heavy atom. The van der Waals surface area contributed by atoms with Crippen molar-refractivity contribution in [3.63, 3.8) is 0 Å². The van der Waals surface area contributed by atoms with Gasteiger partial charge in [0, 0.05) is 33.2 Å². The Labute approximate surface area is 115 Å². The zero-order valence-corrected chi connectivity index (χ0v) is 12.3. The van der Waals surface area contributed by atoms with E-state index in [9.17, 15) is 9.90 Å². The molecule has 1 unspecified atom stereocenters. The van der Waals surface area contributed by atoms with Crippen LogP contribution in [0.4, 0.5) is 0 Å². The van der Waals surface area contributed by atoms with E-state index in [4.69, 9.17) is 9.47 Å². The summed E-state index contributed by atoms with van der Waals surface area (Å²) < 4.78 is 10.0. The highest BCUT2D eigenvalue weighted by Gasteiger charge is 2.05. The Morgan fingerprint density at radius 3 is 2.63 bits per heavy atom. The van der Waals surface area contributed by atoms with E-state index in [2.05, 4.69) is 24.5 Å². The minimum absolute atomic E-state index is 0.0343. The Kier molecular flexibility index (Phi) is 11.9. The predicted octanol–water partition coefficient (Wildman–Crippen LogP) is -0.238. The molecule has 0 aliphatic carbocycles. The summed E-state index contributed by atoms with van der Waals surface area (Å²) >= 11 is 0. The maximum atomic E-state index is 11.4. The zero-order chi connectivity index (χ0) is 14.5. The monoisotopic (exact) mass is 276 g/mol. The number of ether oxygens (including phenoxy) is 2. The van der Waals surface area contributed by atoms with Crippen LogP contribution in [0.25, 0.3) is 0 Å². The van der Waals surface area contributed by atoms with Crippen molar-refractivity contribution < 1.29 is 19.4 Å². The van der Waals surface area contributed by atoms with Gasteiger partial charge in [-0.15, -0.1) is 0 Å². The fraction of sp³-hybridized carbons (Fsp3) is 0.923. The Balaban J connectivity index is 3.35. The van der Waals surface area contributed by atoms with Crippen LogP contribution in [-0.2, 0) is 14.3 Å². The maximum absolute atomic E-state index is 11.4. The minimum atomic E-state index is -0.560. The van der Waals surface area contributed by atoms with Crippen LogP contribution in [0.3, 0.4) is 0 Å². The average Bonchev–Trinajstić information content (AvgIpc) is 2.37. The third kappa shape index (κ3) is 13.5. The molecule has 3 N–H and O–H groups in total. The van der Waals surface area contributed by atoms with Crippen molar-refractivity contribution in [2.45, 2.75) is 26.4 Å². The summed E-state index contributed by atoms with van der Waals surface area (Å²) in [5, 5.41) is 15.4. The van der Waals surface area contributed by atoms with E-state index in [1.807, 2.05) is 0 Å². The van der Waals surface area contributed by atoms with E-state index in [-0.39, 0.29) is 12.5 Å². The standard InChI is InChI=1S/C13H28N2O4/c1-11(2)8-15-13(17)4-5-14-9-12(16)10-19-7-6-18-3/h11-12,14,16H,4-10H2,1-3H3,(H,15,17). The van der Waals surface area contributed by atoms with Gasteiger partial charge in [-0.2, -0.15) is 0 Å². The molecule has 1 atom stereocenters. The maximum Gasteiger partial charge on any atom is 0.221 e. The number of carbonyl (C=O) groups excluding carboxylic acids is 1. The highest BCUT2D eigenvalue weighted by atomic mass is 16.5. The molecular formula is C13H28N2O4. The molecule has 0 aromatic carbocycles. The first-order valence-corrected chi connectivity index (χ1v) is 6.78. The number of nitrogens with one attached hydrogen (secondary N) is 2. The third-order valence-electron chi connectivity index (χ3n) is 2.36. The van der Waals surface area contributed by atoms with Gasteiger partial charge in [-0.05, 0) is 5.92 Å². The van der Waals surface area contributed by atoms with E-state index in [1.54, 1.807) is 7.11 Å². The highest BCUT2D eigenvalue weighted by molar-refractivity contribution is 5.76. The van der Waals surface area contributed by atoms with E-state index in [1.165, 1.54) is 0 Å². The molecule has 0 aliphatic heterocycles. The van der Waals surface area contributed by atoms with E-state index < -0.39 is 6.10 Å². The van der Waals surface area contributed by atoms with Crippen LogP contribution in [0.15, 0.2) is 0 Å². The van der Waals surface area contributed by atoms with E-state index >= 15 is 0 Å². The molecule has 0 rings (SSSR count). The van der Waals surface area contributed by atoms with Gasteiger partial charge in [0.25, 0.3) is 0 Å². The van der Waals surface area contributed by atoms with Crippen molar-refractivity contribution >= 4 is 5.91 Å². The lowest BCUT2D eigenvalue weighted by Crippen LogP contribution is -2.34. The minimum Gasteiger partial charge on any atom is -0.389 e. The second-order valence-electron chi connectivity index (χ2n) is 4.87. The molecule has 0 aromatic heterocycles. The van der Waals surface area contributed by atoms with Crippen molar-refractivity contribution in [3.8, 4) is 0 Å². The van der Waals surface area contributed by atoms with Crippen LogP contribution in [0.5, 0.6) is 0 Å². The van der Waals surface area contributed by atoms with Gasteiger partial charge in [0.1, 0.15) is 0 Å². The first-order chi connectivity index (χ1) is 9.06. The molecule has 114 valence electrons. The summed E-state index contributed by atoms with van der Waals surface area (Å²) in [6, 6.07) is 0. The van der Waals surface area contributed by atoms with Crippen LogP contribution < -0.4 is 10.6 Å². The fourth-order valence-electron chi connectivity index (χ4n) is 1.30. The normalized spacial score (nSPS) is 12.7. The number of hydrogen-bond donors (Lipinski definition) is 3. The fourth-order valence-corrected chi connectivity index (χ4v) is 1.30. The van der Waals surface area contributed by atoms with Crippen LogP contribution in [0.1, 0.15) is 20.3 Å². The third-order valence-corrected chi connectivity index (χ3v) is 2.36. The van der Waals surface area contributed by atoms with Crippen molar-refractivity contribution in [2.24, 2.45) is 5.92 Å². The van der Waals surface area contributed by atoms with Crippen LogP contribution in [0.2, 0.25) is 0 Å². The number of hydrogen-bond acceptors (Lipinski definition) is 5. The second-order valence-corrected chi connectivity index (χ2v) is 4.87. The van der Waals surface area contributed by atoms with Crippen molar-refractivity contribution in [1.29, 1.82) is 0 Å².